The molecule has 18 heavy (non-hydrogen) atoms. The molecule has 0 saturated carbocycles. The lowest BCUT2D eigenvalue weighted by molar-refractivity contribution is -0.232. The molecule has 1 N–H and O–H groups in total. The Balaban J connectivity index is 1.68. The van der Waals surface area contributed by atoms with E-state index in [4.69, 9.17) is 23.7 Å². The van der Waals surface area contributed by atoms with E-state index in [9.17, 15) is 5.11 Å². The summed E-state index contributed by atoms with van der Waals surface area (Å²) in [4.78, 5) is 0. The Morgan fingerprint density at radius 3 is 2.22 bits per heavy atom. The highest BCUT2D eigenvalue weighted by molar-refractivity contribution is 4.97. The van der Waals surface area contributed by atoms with Crippen LogP contribution in [0.25, 0.3) is 0 Å². The monoisotopic (exact) mass is 260 g/mol. The molecule has 0 aromatic rings. The Bertz CT molecular complexity index is 341. The van der Waals surface area contributed by atoms with Gasteiger partial charge in [-0.05, 0) is 27.7 Å². The van der Waals surface area contributed by atoms with Crippen molar-refractivity contribution in [2.75, 3.05) is 6.61 Å². The summed E-state index contributed by atoms with van der Waals surface area (Å²) < 4.78 is 28.1. The second-order valence-electron chi connectivity index (χ2n) is 5.93. The second kappa shape index (κ2) is 3.88. The molecule has 0 aromatic carbocycles. The van der Waals surface area contributed by atoms with Crippen LogP contribution in [0, 0.1) is 0 Å². The zero-order chi connectivity index (χ0) is 13.1. The molecule has 0 spiro atoms. The van der Waals surface area contributed by atoms with E-state index in [1.807, 2.05) is 13.8 Å². The fourth-order valence-corrected chi connectivity index (χ4v) is 2.70. The van der Waals surface area contributed by atoms with Crippen LogP contribution >= 0.6 is 0 Å². The van der Waals surface area contributed by atoms with Crippen LogP contribution in [0.4, 0.5) is 0 Å². The number of aliphatic hydroxyl groups excluding tert-OH is 1. The van der Waals surface area contributed by atoms with Crippen molar-refractivity contribution in [3.8, 4) is 0 Å². The van der Waals surface area contributed by atoms with Crippen LogP contribution in [0.1, 0.15) is 27.7 Å². The number of aliphatic hydroxyl groups is 1. The van der Waals surface area contributed by atoms with Crippen molar-refractivity contribution in [3.63, 3.8) is 0 Å². The average molecular weight is 260 g/mol. The van der Waals surface area contributed by atoms with E-state index in [1.54, 1.807) is 13.8 Å². The second-order valence-corrected chi connectivity index (χ2v) is 5.93. The van der Waals surface area contributed by atoms with Crippen molar-refractivity contribution < 1.29 is 28.8 Å². The van der Waals surface area contributed by atoms with Crippen LogP contribution < -0.4 is 0 Å². The molecule has 0 bridgehead atoms. The van der Waals surface area contributed by atoms with E-state index in [2.05, 4.69) is 0 Å². The maximum atomic E-state index is 10.3. The first-order chi connectivity index (χ1) is 8.27. The van der Waals surface area contributed by atoms with E-state index in [1.165, 1.54) is 0 Å². The summed E-state index contributed by atoms with van der Waals surface area (Å²) in [6.45, 7) is 7.68. The number of rotatable bonds is 1. The van der Waals surface area contributed by atoms with Crippen LogP contribution in [0.15, 0.2) is 0 Å². The summed E-state index contributed by atoms with van der Waals surface area (Å²) in [7, 11) is 0. The lowest BCUT2D eigenvalue weighted by Crippen LogP contribution is -2.42. The van der Waals surface area contributed by atoms with E-state index in [0.29, 0.717) is 6.61 Å². The van der Waals surface area contributed by atoms with E-state index < -0.39 is 36.2 Å². The van der Waals surface area contributed by atoms with Gasteiger partial charge in [0.2, 0.25) is 0 Å². The van der Waals surface area contributed by atoms with Crippen LogP contribution in [-0.4, -0.2) is 54.0 Å². The minimum absolute atomic E-state index is 0.295. The van der Waals surface area contributed by atoms with Crippen molar-refractivity contribution in [1.82, 2.24) is 0 Å². The molecule has 3 aliphatic rings. The van der Waals surface area contributed by atoms with Gasteiger partial charge in [0.15, 0.2) is 17.9 Å². The zero-order valence-electron chi connectivity index (χ0n) is 11.1. The average Bonchev–Trinajstić information content (AvgIpc) is 2.81. The molecule has 3 aliphatic heterocycles. The Hall–Kier alpha value is -0.240. The van der Waals surface area contributed by atoms with Gasteiger partial charge in [0.25, 0.3) is 0 Å². The molecule has 6 heteroatoms. The van der Waals surface area contributed by atoms with Crippen LogP contribution in [0.3, 0.4) is 0 Å². The van der Waals surface area contributed by atoms with Gasteiger partial charge in [-0.15, -0.1) is 0 Å². The van der Waals surface area contributed by atoms with E-state index >= 15 is 0 Å². The first kappa shape index (κ1) is 12.8. The molecular weight excluding hydrogens is 240 g/mol. The van der Waals surface area contributed by atoms with Crippen molar-refractivity contribution in [3.05, 3.63) is 0 Å². The number of hydrogen-bond acceptors (Lipinski definition) is 6. The highest BCUT2D eigenvalue weighted by Crippen LogP contribution is 2.40. The Kier molecular flexibility index (Phi) is 2.75. The molecule has 3 heterocycles. The van der Waals surface area contributed by atoms with Crippen molar-refractivity contribution in [1.29, 1.82) is 0 Å². The van der Waals surface area contributed by atoms with E-state index in [-0.39, 0.29) is 6.10 Å². The van der Waals surface area contributed by atoms with Gasteiger partial charge in [-0.3, -0.25) is 0 Å². The summed E-state index contributed by atoms with van der Waals surface area (Å²) in [5.74, 6) is -1.35. The van der Waals surface area contributed by atoms with Crippen molar-refractivity contribution >= 4 is 0 Å². The molecule has 0 unspecified atom stereocenters. The van der Waals surface area contributed by atoms with Gasteiger partial charge in [0.05, 0.1) is 6.61 Å². The lowest BCUT2D eigenvalue weighted by atomic mass is 10.1. The minimum atomic E-state index is -0.765. The standard InChI is InChI=1S/C12H20O6/c1-11(2)14-5-6(16-11)8-7(13)9-10(15-8)18-12(3,4)17-9/h6-10,13H,5H2,1-4H3/t6-,7+,8+,9+,10+/m1/s1. The highest BCUT2D eigenvalue weighted by atomic mass is 16.8. The predicted octanol–water partition coefficient (Wildman–Crippen LogP) is 0.375. The van der Waals surface area contributed by atoms with Gasteiger partial charge in [-0.25, -0.2) is 0 Å². The van der Waals surface area contributed by atoms with Crippen LogP contribution in [0.2, 0.25) is 0 Å². The Labute approximate surface area is 106 Å². The van der Waals surface area contributed by atoms with Crippen LogP contribution in [0.5, 0.6) is 0 Å². The maximum Gasteiger partial charge on any atom is 0.190 e. The fourth-order valence-electron chi connectivity index (χ4n) is 2.70. The molecule has 3 rings (SSSR count). The molecule has 3 saturated heterocycles. The molecule has 0 amide bonds. The summed E-state index contributed by atoms with van der Waals surface area (Å²) in [5.41, 5.74) is 0. The summed E-state index contributed by atoms with van der Waals surface area (Å²) in [5, 5.41) is 10.3. The molecule has 6 nitrogen and oxygen atoms in total. The SMILES string of the molecule is CC1(C)O[C@@H]2O[C@@H]([C@H]3COC(C)(C)O3)[C@H](O)[C@@H]2O1. The van der Waals surface area contributed by atoms with Crippen molar-refractivity contribution in [2.45, 2.75) is 70.0 Å². The third kappa shape index (κ3) is 2.07. The van der Waals surface area contributed by atoms with Gasteiger partial charge >= 0.3 is 0 Å². The molecule has 104 valence electrons. The predicted molar refractivity (Wildman–Crippen MR) is 59.6 cm³/mol. The largest absolute Gasteiger partial charge is 0.387 e. The third-order valence-corrected chi connectivity index (χ3v) is 3.45. The topological polar surface area (TPSA) is 66.4 Å². The first-order valence-corrected chi connectivity index (χ1v) is 6.28. The fraction of sp³-hybridized carbons (Fsp3) is 1.00. The van der Waals surface area contributed by atoms with Crippen molar-refractivity contribution in [2.24, 2.45) is 0 Å². The molecule has 0 aliphatic carbocycles. The van der Waals surface area contributed by atoms with Gasteiger partial charge in [0, 0.05) is 0 Å². The third-order valence-electron chi connectivity index (χ3n) is 3.45. The molecule has 5 atom stereocenters. The quantitative estimate of drug-likeness (QED) is 0.735. The summed E-state index contributed by atoms with van der Waals surface area (Å²) in [6.07, 6.45) is -2.53. The summed E-state index contributed by atoms with van der Waals surface area (Å²) in [6, 6.07) is 0. The minimum Gasteiger partial charge on any atom is -0.387 e. The van der Waals surface area contributed by atoms with Gasteiger partial charge in [-0.2, -0.15) is 0 Å². The molecule has 3 fully saturated rings. The molecule has 0 radical (unpaired) electrons. The summed E-state index contributed by atoms with van der Waals surface area (Å²) >= 11 is 0. The zero-order valence-corrected chi connectivity index (χ0v) is 11.1. The number of fused-ring (bicyclic) bond motifs is 1. The van der Waals surface area contributed by atoms with Gasteiger partial charge in [-0.1, -0.05) is 0 Å². The van der Waals surface area contributed by atoms with Gasteiger partial charge < -0.3 is 28.8 Å². The highest BCUT2D eigenvalue weighted by Gasteiger charge is 2.57. The first-order valence-electron chi connectivity index (χ1n) is 6.28. The molecular formula is C12H20O6. The smallest absolute Gasteiger partial charge is 0.190 e. The molecule has 0 aromatic heterocycles. The van der Waals surface area contributed by atoms with E-state index in [0.717, 1.165) is 0 Å². The number of hydrogen-bond donors (Lipinski definition) is 1. The van der Waals surface area contributed by atoms with Gasteiger partial charge in [0.1, 0.15) is 24.4 Å². The maximum absolute atomic E-state index is 10.3. The lowest BCUT2D eigenvalue weighted by Gasteiger charge is -2.26. The number of ether oxygens (including phenoxy) is 5. The Morgan fingerprint density at radius 2 is 1.67 bits per heavy atom. The normalized spacial score (nSPS) is 49.5. The van der Waals surface area contributed by atoms with Crippen LogP contribution in [-0.2, 0) is 23.7 Å². The Morgan fingerprint density at radius 1 is 0.944 bits per heavy atom.